The highest BCUT2D eigenvalue weighted by molar-refractivity contribution is 6.05. The Hall–Kier alpha value is -2.37. The Morgan fingerprint density at radius 3 is 2.89 bits per heavy atom. The minimum atomic E-state index is -0.236. The number of hydrogen-bond donors (Lipinski definition) is 2. The summed E-state index contributed by atoms with van der Waals surface area (Å²) in [4.78, 5) is 16.3. The zero-order valence-electron chi connectivity index (χ0n) is 11.2. The van der Waals surface area contributed by atoms with Crippen LogP contribution in [0.4, 0.5) is 11.5 Å². The van der Waals surface area contributed by atoms with Crippen LogP contribution in [0.15, 0.2) is 24.5 Å². The Bertz CT molecular complexity index is 603. The number of nitrogens with one attached hydrogen (secondary N) is 1. The summed E-state index contributed by atoms with van der Waals surface area (Å²) in [5.74, 6) is 0.418. The number of carbonyl (C=O) groups excluding carboxylic acids is 1. The highest BCUT2D eigenvalue weighted by Crippen LogP contribution is 2.16. The lowest BCUT2D eigenvalue weighted by atomic mass is 10.2. The molecular weight excluding hydrogens is 242 g/mol. The normalized spacial score (nSPS) is 10.7. The monoisotopic (exact) mass is 259 g/mol. The molecule has 0 radical (unpaired) electrons. The first-order valence-electron chi connectivity index (χ1n) is 6.06. The van der Waals surface area contributed by atoms with Gasteiger partial charge in [-0.1, -0.05) is 0 Å². The summed E-state index contributed by atoms with van der Waals surface area (Å²) in [5, 5.41) is 6.99. The minimum Gasteiger partial charge on any atom is -0.397 e. The molecule has 100 valence electrons. The van der Waals surface area contributed by atoms with Gasteiger partial charge in [0.2, 0.25) is 0 Å². The second kappa shape index (κ2) is 5.09. The summed E-state index contributed by atoms with van der Waals surface area (Å²) in [6.45, 7) is 5.76. The molecule has 0 aromatic carbocycles. The van der Waals surface area contributed by atoms with E-state index in [9.17, 15) is 4.79 Å². The van der Waals surface area contributed by atoms with Crippen LogP contribution in [0.1, 0.15) is 35.9 Å². The van der Waals surface area contributed by atoms with Crippen molar-refractivity contribution in [1.29, 1.82) is 0 Å². The predicted molar refractivity (Wildman–Crippen MR) is 74.0 cm³/mol. The SMILES string of the molecule is Cc1ncc(N)cc1C(=O)Nc1ccnn1C(C)C. The van der Waals surface area contributed by atoms with E-state index in [4.69, 9.17) is 5.73 Å². The molecule has 0 atom stereocenters. The number of nitrogens with two attached hydrogens (primary N) is 1. The summed E-state index contributed by atoms with van der Waals surface area (Å²) < 4.78 is 1.74. The summed E-state index contributed by atoms with van der Waals surface area (Å²) in [5.41, 5.74) is 7.23. The van der Waals surface area contributed by atoms with E-state index in [1.54, 1.807) is 29.9 Å². The molecule has 2 rings (SSSR count). The van der Waals surface area contributed by atoms with E-state index in [0.717, 1.165) is 0 Å². The summed E-state index contributed by atoms with van der Waals surface area (Å²) in [7, 11) is 0. The van der Waals surface area contributed by atoms with Crippen molar-refractivity contribution in [3.05, 3.63) is 35.8 Å². The second-order valence-corrected chi connectivity index (χ2v) is 4.61. The molecule has 6 heteroatoms. The lowest BCUT2D eigenvalue weighted by molar-refractivity contribution is 0.102. The van der Waals surface area contributed by atoms with Crippen molar-refractivity contribution in [3.8, 4) is 0 Å². The van der Waals surface area contributed by atoms with Crippen molar-refractivity contribution < 1.29 is 4.79 Å². The molecule has 19 heavy (non-hydrogen) atoms. The summed E-state index contributed by atoms with van der Waals surface area (Å²) in [6.07, 6.45) is 3.19. The highest BCUT2D eigenvalue weighted by Gasteiger charge is 2.14. The summed E-state index contributed by atoms with van der Waals surface area (Å²) >= 11 is 0. The molecule has 2 aromatic heterocycles. The molecule has 6 nitrogen and oxygen atoms in total. The lowest BCUT2D eigenvalue weighted by Gasteiger charge is -2.12. The molecule has 0 aliphatic carbocycles. The van der Waals surface area contributed by atoms with E-state index in [-0.39, 0.29) is 11.9 Å². The fourth-order valence-electron chi connectivity index (χ4n) is 1.79. The molecule has 0 saturated heterocycles. The van der Waals surface area contributed by atoms with Gasteiger partial charge in [-0.2, -0.15) is 5.10 Å². The van der Waals surface area contributed by atoms with Gasteiger partial charge in [0.05, 0.1) is 29.3 Å². The molecule has 0 aliphatic heterocycles. The molecule has 3 N–H and O–H groups in total. The third kappa shape index (κ3) is 2.73. The van der Waals surface area contributed by atoms with Crippen molar-refractivity contribution in [2.24, 2.45) is 0 Å². The fourth-order valence-corrected chi connectivity index (χ4v) is 1.79. The average Bonchev–Trinajstić information content (AvgIpc) is 2.80. The molecular formula is C13H17N5O. The number of nitrogens with zero attached hydrogens (tertiary/aromatic N) is 3. The van der Waals surface area contributed by atoms with Gasteiger partial charge >= 0.3 is 0 Å². The zero-order valence-corrected chi connectivity index (χ0v) is 11.2. The van der Waals surface area contributed by atoms with Crippen LogP contribution in [0, 0.1) is 6.92 Å². The number of amides is 1. The van der Waals surface area contributed by atoms with Gasteiger partial charge < -0.3 is 11.1 Å². The zero-order chi connectivity index (χ0) is 14.0. The first-order chi connectivity index (χ1) is 8.99. The van der Waals surface area contributed by atoms with Crippen LogP contribution in [0.5, 0.6) is 0 Å². The smallest absolute Gasteiger partial charge is 0.258 e. The quantitative estimate of drug-likeness (QED) is 0.882. The maximum atomic E-state index is 12.2. The van der Waals surface area contributed by atoms with E-state index in [1.165, 1.54) is 6.20 Å². The van der Waals surface area contributed by atoms with Gasteiger partial charge in [0, 0.05) is 12.1 Å². The number of aryl methyl sites for hydroxylation is 1. The van der Waals surface area contributed by atoms with Crippen molar-refractivity contribution in [2.45, 2.75) is 26.8 Å². The Balaban J connectivity index is 2.26. The first-order valence-corrected chi connectivity index (χ1v) is 6.06. The van der Waals surface area contributed by atoms with Crippen molar-refractivity contribution in [1.82, 2.24) is 14.8 Å². The van der Waals surface area contributed by atoms with Gasteiger partial charge in [-0.3, -0.25) is 9.78 Å². The minimum absolute atomic E-state index is 0.172. The third-order valence-electron chi connectivity index (χ3n) is 2.75. The molecule has 0 fully saturated rings. The van der Waals surface area contributed by atoms with Crippen molar-refractivity contribution in [3.63, 3.8) is 0 Å². The van der Waals surface area contributed by atoms with Gasteiger partial charge in [0.25, 0.3) is 5.91 Å². The Labute approximate surface area is 111 Å². The maximum Gasteiger partial charge on any atom is 0.258 e. The van der Waals surface area contributed by atoms with Gasteiger partial charge in [-0.05, 0) is 26.8 Å². The topological polar surface area (TPSA) is 85.8 Å². The van der Waals surface area contributed by atoms with Gasteiger partial charge in [0.15, 0.2) is 0 Å². The number of anilines is 2. The van der Waals surface area contributed by atoms with E-state index < -0.39 is 0 Å². The molecule has 1 amide bonds. The van der Waals surface area contributed by atoms with Crippen LogP contribution >= 0.6 is 0 Å². The highest BCUT2D eigenvalue weighted by atomic mass is 16.1. The van der Waals surface area contributed by atoms with Crippen molar-refractivity contribution >= 4 is 17.4 Å². The van der Waals surface area contributed by atoms with E-state index in [0.29, 0.717) is 22.8 Å². The van der Waals surface area contributed by atoms with E-state index in [1.807, 2.05) is 13.8 Å². The molecule has 0 spiro atoms. The number of hydrogen-bond acceptors (Lipinski definition) is 4. The van der Waals surface area contributed by atoms with Gasteiger partial charge in [0.1, 0.15) is 5.82 Å². The van der Waals surface area contributed by atoms with Gasteiger partial charge in [-0.25, -0.2) is 4.68 Å². The number of aromatic nitrogens is 3. The molecule has 0 bridgehead atoms. The van der Waals surface area contributed by atoms with Crippen LogP contribution in [0.3, 0.4) is 0 Å². The van der Waals surface area contributed by atoms with Crippen LogP contribution in [0.2, 0.25) is 0 Å². The summed E-state index contributed by atoms with van der Waals surface area (Å²) in [6, 6.07) is 3.55. The molecule has 2 heterocycles. The predicted octanol–water partition coefficient (Wildman–Crippen LogP) is 2.00. The average molecular weight is 259 g/mol. The Kier molecular flexibility index (Phi) is 3.50. The largest absolute Gasteiger partial charge is 0.397 e. The Morgan fingerprint density at radius 1 is 1.47 bits per heavy atom. The third-order valence-corrected chi connectivity index (χ3v) is 2.75. The Morgan fingerprint density at radius 2 is 2.21 bits per heavy atom. The molecule has 0 saturated carbocycles. The molecule has 0 unspecified atom stereocenters. The fraction of sp³-hybridized carbons (Fsp3) is 0.308. The number of carbonyl (C=O) groups is 1. The number of nitrogen functional groups attached to an aromatic ring is 1. The first kappa shape index (κ1) is 13.1. The van der Waals surface area contributed by atoms with Crippen LogP contribution in [-0.2, 0) is 0 Å². The standard InChI is InChI=1S/C13H17N5O/c1-8(2)18-12(4-5-16-18)17-13(19)11-6-10(14)7-15-9(11)3/h4-8H,14H2,1-3H3,(H,17,19). The number of pyridine rings is 1. The maximum absolute atomic E-state index is 12.2. The van der Waals surface area contributed by atoms with E-state index >= 15 is 0 Å². The van der Waals surface area contributed by atoms with Crippen LogP contribution < -0.4 is 11.1 Å². The van der Waals surface area contributed by atoms with E-state index in [2.05, 4.69) is 15.4 Å². The second-order valence-electron chi connectivity index (χ2n) is 4.61. The molecule has 0 aliphatic rings. The van der Waals surface area contributed by atoms with Gasteiger partial charge in [-0.15, -0.1) is 0 Å². The van der Waals surface area contributed by atoms with Crippen molar-refractivity contribution in [2.75, 3.05) is 11.1 Å². The lowest BCUT2D eigenvalue weighted by Crippen LogP contribution is -2.18. The number of rotatable bonds is 3. The molecule has 2 aromatic rings. The van der Waals surface area contributed by atoms with Crippen LogP contribution in [-0.4, -0.2) is 20.7 Å². The van der Waals surface area contributed by atoms with Crippen LogP contribution in [0.25, 0.3) is 0 Å².